The molecule has 0 aliphatic rings. The summed E-state index contributed by atoms with van der Waals surface area (Å²) in [6.45, 7) is 3.10. The molecule has 3 aromatic carbocycles. The Labute approximate surface area is 221 Å². The Kier molecular flexibility index (Phi) is 9.00. The van der Waals surface area contributed by atoms with Gasteiger partial charge in [-0.15, -0.1) is 0 Å². The van der Waals surface area contributed by atoms with E-state index in [9.17, 15) is 18.0 Å². The maximum absolute atomic E-state index is 13.7. The number of sulfonamides is 1. The Morgan fingerprint density at radius 1 is 0.944 bits per heavy atom. The van der Waals surface area contributed by atoms with Crippen molar-refractivity contribution in [3.63, 3.8) is 0 Å². The lowest BCUT2D eigenvalue weighted by atomic mass is 10.1. The smallest absolute Gasteiger partial charge is 0.264 e. The fourth-order valence-electron chi connectivity index (χ4n) is 3.66. The molecular formula is C26H27Cl2N3O4S. The molecule has 190 valence electrons. The van der Waals surface area contributed by atoms with Crippen LogP contribution in [0.3, 0.4) is 0 Å². The van der Waals surface area contributed by atoms with Crippen LogP contribution in [0.4, 0.5) is 5.69 Å². The number of nitrogens with zero attached hydrogens (tertiary/aromatic N) is 2. The lowest BCUT2D eigenvalue weighted by Crippen LogP contribution is -2.50. The minimum atomic E-state index is -4.18. The monoisotopic (exact) mass is 547 g/mol. The third-order valence-corrected chi connectivity index (χ3v) is 8.07. The molecule has 0 spiro atoms. The predicted molar refractivity (Wildman–Crippen MR) is 143 cm³/mol. The summed E-state index contributed by atoms with van der Waals surface area (Å²) < 4.78 is 28.3. The lowest BCUT2D eigenvalue weighted by molar-refractivity contribution is -0.139. The van der Waals surface area contributed by atoms with Crippen LogP contribution < -0.4 is 9.62 Å². The van der Waals surface area contributed by atoms with E-state index in [1.807, 2.05) is 31.2 Å². The molecule has 0 bridgehead atoms. The number of likely N-dealkylation sites (N-methyl/N-ethyl adjacent to an activating group) is 1. The van der Waals surface area contributed by atoms with Gasteiger partial charge in [0, 0.05) is 23.6 Å². The minimum absolute atomic E-state index is 0.0375. The maximum atomic E-state index is 13.7. The first-order chi connectivity index (χ1) is 17.0. The number of carbonyl (C=O) groups is 2. The van der Waals surface area contributed by atoms with Gasteiger partial charge in [-0.25, -0.2) is 8.42 Å². The highest BCUT2D eigenvalue weighted by Crippen LogP contribution is 2.27. The average Bonchev–Trinajstić information content (AvgIpc) is 2.85. The summed E-state index contributed by atoms with van der Waals surface area (Å²) in [5, 5.41) is 3.25. The van der Waals surface area contributed by atoms with Gasteiger partial charge in [0.2, 0.25) is 11.8 Å². The molecule has 0 saturated carbocycles. The molecule has 0 heterocycles. The lowest BCUT2D eigenvalue weighted by Gasteiger charge is -2.32. The Morgan fingerprint density at radius 3 is 2.22 bits per heavy atom. The van der Waals surface area contributed by atoms with Crippen molar-refractivity contribution in [1.29, 1.82) is 0 Å². The number of nitrogens with one attached hydrogen (secondary N) is 1. The number of rotatable bonds is 9. The van der Waals surface area contributed by atoms with Crippen LogP contribution in [-0.2, 0) is 26.2 Å². The zero-order valence-electron chi connectivity index (χ0n) is 20.1. The van der Waals surface area contributed by atoms with Crippen LogP contribution in [0.15, 0.2) is 77.7 Å². The van der Waals surface area contributed by atoms with Gasteiger partial charge < -0.3 is 10.2 Å². The van der Waals surface area contributed by atoms with E-state index in [1.165, 1.54) is 42.3 Å². The summed E-state index contributed by atoms with van der Waals surface area (Å²) in [7, 11) is -2.70. The molecule has 36 heavy (non-hydrogen) atoms. The predicted octanol–water partition coefficient (Wildman–Crippen LogP) is 4.66. The molecule has 0 unspecified atom stereocenters. The van der Waals surface area contributed by atoms with Crippen LogP contribution in [0.25, 0.3) is 0 Å². The van der Waals surface area contributed by atoms with E-state index in [0.29, 0.717) is 10.0 Å². The number of halogens is 2. The molecule has 0 aliphatic carbocycles. The molecule has 0 radical (unpaired) electrons. The van der Waals surface area contributed by atoms with Crippen molar-refractivity contribution in [2.75, 3.05) is 17.9 Å². The number of hydrogen-bond donors (Lipinski definition) is 1. The van der Waals surface area contributed by atoms with Crippen molar-refractivity contribution in [2.45, 2.75) is 31.3 Å². The second-order valence-corrected chi connectivity index (χ2v) is 10.9. The van der Waals surface area contributed by atoms with Gasteiger partial charge in [-0.1, -0.05) is 53.5 Å². The summed E-state index contributed by atoms with van der Waals surface area (Å²) >= 11 is 12.1. The fourth-order valence-corrected chi connectivity index (χ4v) is 5.37. The van der Waals surface area contributed by atoms with E-state index in [0.717, 1.165) is 15.4 Å². The van der Waals surface area contributed by atoms with Gasteiger partial charge in [0.1, 0.15) is 12.6 Å². The SMILES string of the molecule is CNC(=O)[C@H](C)N(Cc1ccccc1C)C(=O)CN(c1cccc(Cl)c1)S(=O)(=O)c1ccc(Cl)cc1. The molecule has 1 N–H and O–H groups in total. The zero-order valence-corrected chi connectivity index (χ0v) is 22.4. The van der Waals surface area contributed by atoms with Crippen LogP contribution in [-0.4, -0.2) is 44.8 Å². The standard InChI is InChI=1S/C26H27Cl2N3O4S/c1-18-7-4-5-8-20(18)16-30(19(2)26(33)29-3)25(32)17-31(23-10-6-9-22(28)15-23)36(34,35)24-13-11-21(27)12-14-24/h4-15,19H,16-17H2,1-3H3,(H,29,33)/t19-/m0/s1. The van der Waals surface area contributed by atoms with Crippen molar-refractivity contribution in [3.05, 3.63) is 94.0 Å². The van der Waals surface area contributed by atoms with E-state index in [4.69, 9.17) is 23.2 Å². The number of anilines is 1. The van der Waals surface area contributed by atoms with Gasteiger partial charge >= 0.3 is 0 Å². The minimum Gasteiger partial charge on any atom is -0.357 e. The highest BCUT2D eigenvalue weighted by Gasteiger charge is 2.32. The molecule has 0 aromatic heterocycles. The Hall–Kier alpha value is -3.07. The number of amides is 2. The van der Waals surface area contributed by atoms with Gasteiger partial charge in [-0.2, -0.15) is 0 Å². The van der Waals surface area contributed by atoms with Crippen molar-refractivity contribution >= 4 is 50.7 Å². The summed E-state index contributed by atoms with van der Waals surface area (Å²) in [6.07, 6.45) is 0. The molecule has 0 aliphatic heterocycles. The van der Waals surface area contributed by atoms with Crippen molar-refractivity contribution in [3.8, 4) is 0 Å². The summed E-state index contributed by atoms with van der Waals surface area (Å²) in [5.74, 6) is -0.918. The number of benzene rings is 3. The number of hydrogen-bond acceptors (Lipinski definition) is 4. The highest BCUT2D eigenvalue weighted by molar-refractivity contribution is 7.92. The van der Waals surface area contributed by atoms with Crippen LogP contribution in [0, 0.1) is 6.92 Å². The molecule has 3 aromatic rings. The molecule has 10 heteroatoms. The molecule has 0 fully saturated rings. The van der Waals surface area contributed by atoms with Crippen LogP contribution in [0.5, 0.6) is 0 Å². The van der Waals surface area contributed by atoms with E-state index in [2.05, 4.69) is 5.32 Å². The molecular weight excluding hydrogens is 521 g/mol. The van der Waals surface area contributed by atoms with Crippen LogP contribution >= 0.6 is 23.2 Å². The van der Waals surface area contributed by atoms with Crippen molar-refractivity contribution in [1.82, 2.24) is 10.2 Å². The first-order valence-corrected chi connectivity index (χ1v) is 13.3. The van der Waals surface area contributed by atoms with Crippen molar-refractivity contribution in [2.24, 2.45) is 0 Å². The Balaban J connectivity index is 2.05. The normalized spacial score (nSPS) is 12.0. The van der Waals surface area contributed by atoms with Crippen molar-refractivity contribution < 1.29 is 18.0 Å². The second kappa shape index (κ2) is 11.8. The molecule has 2 amide bonds. The van der Waals surface area contributed by atoms with Gasteiger partial charge in [0.05, 0.1) is 10.6 Å². The average molecular weight is 548 g/mol. The fraction of sp³-hybridized carbons (Fsp3) is 0.231. The summed E-state index contributed by atoms with van der Waals surface area (Å²) in [5.41, 5.74) is 2.01. The van der Waals surface area contributed by atoms with Crippen LogP contribution in [0.1, 0.15) is 18.1 Å². The summed E-state index contributed by atoms with van der Waals surface area (Å²) in [4.78, 5) is 27.6. The van der Waals surface area contributed by atoms with Gasteiger partial charge in [-0.05, 0) is 67.4 Å². The Bertz CT molecular complexity index is 1350. The summed E-state index contributed by atoms with van der Waals surface area (Å²) in [6, 6.07) is 18.6. The molecule has 1 atom stereocenters. The molecule has 7 nitrogen and oxygen atoms in total. The van der Waals surface area contributed by atoms with E-state index < -0.39 is 28.5 Å². The molecule has 3 rings (SSSR count). The van der Waals surface area contributed by atoms with E-state index >= 15 is 0 Å². The van der Waals surface area contributed by atoms with Gasteiger partial charge in [0.25, 0.3) is 10.0 Å². The number of aryl methyl sites for hydroxylation is 1. The third-order valence-electron chi connectivity index (χ3n) is 5.79. The number of carbonyl (C=O) groups excluding carboxylic acids is 2. The Morgan fingerprint density at radius 2 is 1.61 bits per heavy atom. The third kappa shape index (κ3) is 6.37. The molecule has 0 saturated heterocycles. The zero-order chi connectivity index (χ0) is 26.5. The van der Waals surface area contributed by atoms with Gasteiger partial charge in [-0.3, -0.25) is 13.9 Å². The van der Waals surface area contributed by atoms with E-state index in [-0.39, 0.29) is 23.0 Å². The topological polar surface area (TPSA) is 86.8 Å². The van der Waals surface area contributed by atoms with Crippen LogP contribution in [0.2, 0.25) is 10.0 Å². The maximum Gasteiger partial charge on any atom is 0.264 e. The van der Waals surface area contributed by atoms with E-state index in [1.54, 1.807) is 25.1 Å². The second-order valence-electron chi connectivity index (χ2n) is 8.18. The first-order valence-electron chi connectivity index (χ1n) is 11.1. The largest absolute Gasteiger partial charge is 0.357 e. The first kappa shape index (κ1) is 27.5. The quantitative estimate of drug-likeness (QED) is 0.422. The van der Waals surface area contributed by atoms with Gasteiger partial charge in [0.15, 0.2) is 0 Å². The highest BCUT2D eigenvalue weighted by atomic mass is 35.5.